The molecule has 0 radical (unpaired) electrons. The molecule has 0 atom stereocenters. The van der Waals surface area contributed by atoms with E-state index in [9.17, 15) is 0 Å². The van der Waals surface area contributed by atoms with Crippen LogP contribution in [0.3, 0.4) is 0 Å². The van der Waals surface area contributed by atoms with E-state index in [0.717, 1.165) is 6.54 Å². The average molecular weight is 198 g/mol. The van der Waals surface area contributed by atoms with Gasteiger partial charge in [0.05, 0.1) is 0 Å². The molecule has 1 rings (SSSR count). The van der Waals surface area contributed by atoms with Gasteiger partial charge in [0.15, 0.2) is 0 Å². The van der Waals surface area contributed by atoms with E-state index >= 15 is 0 Å². The molecule has 1 saturated carbocycles. The van der Waals surface area contributed by atoms with Crippen LogP contribution in [0.15, 0.2) is 0 Å². The van der Waals surface area contributed by atoms with Gasteiger partial charge in [-0.2, -0.15) is 0 Å². The highest BCUT2D eigenvalue weighted by atomic mass is 15.0. The van der Waals surface area contributed by atoms with Gasteiger partial charge in [-0.25, -0.2) is 0 Å². The quantitative estimate of drug-likeness (QED) is 0.727. The topological polar surface area (TPSA) is 38.0 Å². The zero-order valence-corrected chi connectivity index (χ0v) is 10.4. The molecule has 0 aromatic rings. The first-order valence-electron chi connectivity index (χ1n) is 5.70. The summed E-state index contributed by atoms with van der Waals surface area (Å²) >= 11 is 0. The van der Waals surface area contributed by atoms with Crippen LogP contribution < -0.4 is 11.1 Å². The zero-order valence-electron chi connectivity index (χ0n) is 10.4. The molecule has 2 heteroatoms. The summed E-state index contributed by atoms with van der Waals surface area (Å²) in [7, 11) is 0. The minimum absolute atomic E-state index is 0.125. The first kappa shape index (κ1) is 12.0. The summed E-state index contributed by atoms with van der Waals surface area (Å²) in [5.74, 6) is 0. The van der Waals surface area contributed by atoms with Gasteiger partial charge in [0, 0.05) is 17.6 Å². The van der Waals surface area contributed by atoms with Crippen molar-refractivity contribution in [3.05, 3.63) is 0 Å². The second kappa shape index (κ2) is 3.49. The van der Waals surface area contributed by atoms with Crippen molar-refractivity contribution in [3.63, 3.8) is 0 Å². The summed E-state index contributed by atoms with van der Waals surface area (Å²) in [6.07, 6.45) is 4.00. The molecule has 84 valence electrons. The molecule has 2 nitrogen and oxygen atoms in total. The first-order chi connectivity index (χ1) is 6.16. The standard InChI is InChI=1S/C12H26N2/c1-10(2,11(3,4)13)9-14-12(5)7-6-8-12/h14H,6-9,13H2,1-5H3. The van der Waals surface area contributed by atoms with Crippen molar-refractivity contribution in [1.82, 2.24) is 5.32 Å². The van der Waals surface area contributed by atoms with Crippen molar-refractivity contribution in [2.45, 2.75) is 65.0 Å². The summed E-state index contributed by atoms with van der Waals surface area (Å²) in [6.45, 7) is 12.0. The molecule has 0 heterocycles. The summed E-state index contributed by atoms with van der Waals surface area (Å²) in [4.78, 5) is 0. The average Bonchev–Trinajstić information content (AvgIpc) is 1.95. The van der Waals surface area contributed by atoms with Gasteiger partial charge < -0.3 is 11.1 Å². The van der Waals surface area contributed by atoms with Crippen LogP contribution in [0.5, 0.6) is 0 Å². The van der Waals surface area contributed by atoms with E-state index in [4.69, 9.17) is 5.73 Å². The van der Waals surface area contributed by atoms with Gasteiger partial charge in [0.25, 0.3) is 0 Å². The van der Waals surface area contributed by atoms with E-state index in [-0.39, 0.29) is 11.0 Å². The smallest absolute Gasteiger partial charge is 0.0161 e. The van der Waals surface area contributed by atoms with Crippen LogP contribution in [0.2, 0.25) is 0 Å². The van der Waals surface area contributed by atoms with Crippen molar-refractivity contribution in [3.8, 4) is 0 Å². The lowest BCUT2D eigenvalue weighted by molar-refractivity contribution is 0.136. The molecule has 1 aliphatic carbocycles. The Labute approximate surface area is 88.6 Å². The molecular formula is C12H26N2. The van der Waals surface area contributed by atoms with Crippen LogP contribution in [-0.2, 0) is 0 Å². The maximum absolute atomic E-state index is 6.16. The third-order valence-electron chi connectivity index (χ3n) is 4.16. The molecule has 0 unspecified atom stereocenters. The Hall–Kier alpha value is -0.0800. The normalized spacial score (nSPS) is 21.9. The predicted molar refractivity (Wildman–Crippen MR) is 62.3 cm³/mol. The van der Waals surface area contributed by atoms with Crippen LogP contribution in [0, 0.1) is 5.41 Å². The molecule has 0 aromatic carbocycles. The summed E-state index contributed by atoms with van der Waals surface area (Å²) in [5, 5.41) is 3.66. The summed E-state index contributed by atoms with van der Waals surface area (Å²) in [5.41, 5.74) is 6.57. The Balaban J connectivity index is 2.44. The minimum Gasteiger partial charge on any atom is -0.325 e. The highest BCUT2D eigenvalue weighted by Gasteiger charge is 2.37. The largest absolute Gasteiger partial charge is 0.325 e. The summed E-state index contributed by atoms with van der Waals surface area (Å²) in [6, 6.07) is 0. The van der Waals surface area contributed by atoms with Crippen molar-refractivity contribution < 1.29 is 0 Å². The number of hydrogen-bond donors (Lipinski definition) is 2. The molecule has 3 N–H and O–H groups in total. The van der Waals surface area contributed by atoms with Gasteiger partial charge >= 0.3 is 0 Å². The van der Waals surface area contributed by atoms with Gasteiger partial charge in [-0.05, 0) is 45.4 Å². The highest BCUT2D eigenvalue weighted by Crippen LogP contribution is 2.33. The lowest BCUT2D eigenvalue weighted by atomic mass is 9.73. The van der Waals surface area contributed by atoms with Crippen LogP contribution in [0.25, 0.3) is 0 Å². The van der Waals surface area contributed by atoms with Crippen molar-refractivity contribution >= 4 is 0 Å². The first-order valence-corrected chi connectivity index (χ1v) is 5.70. The van der Waals surface area contributed by atoms with E-state index in [0.29, 0.717) is 5.54 Å². The molecule has 0 bridgehead atoms. The molecule has 1 aliphatic rings. The van der Waals surface area contributed by atoms with Crippen LogP contribution >= 0.6 is 0 Å². The van der Waals surface area contributed by atoms with Gasteiger partial charge in [0.2, 0.25) is 0 Å². The van der Waals surface area contributed by atoms with Crippen molar-refractivity contribution in [2.24, 2.45) is 11.1 Å². The van der Waals surface area contributed by atoms with E-state index in [2.05, 4.69) is 39.9 Å². The van der Waals surface area contributed by atoms with E-state index < -0.39 is 0 Å². The Morgan fingerprint density at radius 3 is 2.00 bits per heavy atom. The minimum atomic E-state index is -0.125. The van der Waals surface area contributed by atoms with Gasteiger partial charge in [-0.15, -0.1) is 0 Å². The van der Waals surface area contributed by atoms with Crippen LogP contribution in [0.4, 0.5) is 0 Å². The fourth-order valence-corrected chi connectivity index (χ4v) is 1.55. The molecule has 14 heavy (non-hydrogen) atoms. The fourth-order valence-electron chi connectivity index (χ4n) is 1.55. The lowest BCUT2D eigenvalue weighted by Gasteiger charge is -2.45. The van der Waals surface area contributed by atoms with Crippen LogP contribution in [0.1, 0.15) is 53.9 Å². The lowest BCUT2D eigenvalue weighted by Crippen LogP contribution is -2.57. The third-order valence-corrected chi connectivity index (χ3v) is 4.16. The van der Waals surface area contributed by atoms with Crippen LogP contribution in [-0.4, -0.2) is 17.6 Å². The van der Waals surface area contributed by atoms with Gasteiger partial charge in [-0.3, -0.25) is 0 Å². The Morgan fingerprint density at radius 2 is 1.71 bits per heavy atom. The van der Waals surface area contributed by atoms with E-state index in [1.165, 1.54) is 19.3 Å². The van der Waals surface area contributed by atoms with Crippen molar-refractivity contribution in [1.29, 1.82) is 0 Å². The monoisotopic (exact) mass is 198 g/mol. The van der Waals surface area contributed by atoms with Gasteiger partial charge in [0.1, 0.15) is 0 Å². The van der Waals surface area contributed by atoms with E-state index in [1.54, 1.807) is 0 Å². The molecule has 1 fully saturated rings. The molecule has 0 spiro atoms. The van der Waals surface area contributed by atoms with Crippen molar-refractivity contribution in [2.75, 3.05) is 6.54 Å². The molecule has 0 aromatic heterocycles. The molecule has 0 aliphatic heterocycles. The Kier molecular flexibility index (Phi) is 2.99. The molecule has 0 amide bonds. The highest BCUT2D eigenvalue weighted by molar-refractivity contribution is 4.97. The second-order valence-corrected chi connectivity index (χ2v) is 6.37. The Bertz CT molecular complexity index is 197. The second-order valence-electron chi connectivity index (χ2n) is 6.37. The molecule has 0 saturated heterocycles. The van der Waals surface area contributed by atoms with Gasteiger partial charge in [-0.1, -0.05) is 13.8 Å². The number of rotatable bonds is 4. The number of nitrogens with two attached hydrogens (primary N) is 1. The maximum Gasteiger partial charge on any atom is 0.0161 e. The van der Waals surface area contributed by atoms with E-state index in [1.807, 2.05) is 0 Å². The predicted octanol–water partition coefficient (Wildman–Crippen LogP) is 2.28. The number of hydrogen-bond acceptors (Lipinski definition) is 2. The summed E-state index contributed by atoms with van der Waals surface area (Å²) < 4.78 is 0. The third kappa shape index (κ3) is 2.48. The maximum atomic E-state index is 6.16. The Morgan fingerprint density at radius 1 is 1.21 bits per heavy atom. The zero-order chi connectivity index (χ0) is 11.0. The fraction of sp³-hybridized carbons (Fsp3) is 1.00. The molecular weight excluding hydrogens is 172 g/mol. The SMILES string of the molecule is CC1(NCC(C)(C)C(C)(C)N)CCC1. The number of nitrogens with one attached hydrogen (secondary N) is 1.